The predicted molar refractivity (Wildman–Crippen MR) is 167 cm³/mol. The Morgan fingerprint density at radius 3 is 1.19 bits per heavy atom. The van der Waals surface area contributed by atoms with Crippen molar-refractivity contribution >= 4 is 57.0 Å². The summed E-state index contributed by atoms with van der Waals surface area (Å²) in [7, 11) is -6.88. The summed E-state index contributed by atoms with van der Waals surface area (Å²) >= 11 is 0. The molecule has 1 atom stereocenters. The summed E-state index contributed by atoms with van der Waals surface area (Å²) in [5, 5.41) is 1.11. The molecule has 1 aliphatic rings. The largest absolute Gasteiger partial charge is 0.0775 e. The highest BCUT2D eigenvalue weighted by molar-refractivity contribution is 7.40. The van der Waals surface area contributed by atoms with Gasteiger partial charge >= 0.3 is 0 Å². The van der Waals surface area contributed by atoms with Crippen molar-refractivity contribution in [3.8, 4) is 0 Å². The Labute approximate surface area is 206 Å². The van der Waals surface area contributed by atoms with Crippen LogP contribution in [0.25, 0.3) is 0 Å². The molecule has 2 radical (unpaired) electrons. The molecule has 182 valence electrons. The van der Waals surface area contributed by atoms with Crippen LogP contribution in [0.15, 0.2) is 11.1 Å². The van der Waals surface area contributed by atoms with Crippen molar-refractivity contribution in [2.75, 3.05) is 0 Å². The molecule has 0 aromatic rings. The van der Waals surface area contributed by atoms with Gasteiger partial charge in [0.2, 0.25) is 0 Å². The van der Waals surface area contributed by atoms with Crippen LogP contribution in [0.1, 0.15) is 20.3 Å². The lowest BCUT2D eigenvalue weighted by molar-refractivity contribution is 0.928. The zero-order valence-corrected chi connectivity index (χ0v) is 31.6. The summed E-state index contributed by atoms with van der Waals surface area (Å²) in [6.07, 6.45) is 1.47. The van der Waals surface area contributed by atoms with E-state index in [0.717, 1.165) is 5.16 Å². The van der Waals surface area contributed by atoms with Crippen molar-refractivity contribution < 1.29 is 0 Å². The van der Waals surface area contributed by atoms with Crippen molar-refractivity contribution in [2.45, 2.75) is 139 Å². The second-order valence-corrected chi connectivity index (χ2v) is 54.7. The fraction of sp³-hybridized carbons (Fsp3) is 0.917. The van der Waals surface area contributed by atoms with Crippen LogP contribution < -0.4 is 0 Å². The first kappa shape index (κ1) is 30.3. The van der Waals surface area contributed by atoms with E-state index in [1.54, 1.807) is 11.6 Å². The third-order valence-electron chi connectivity index (χ3n) is 7.62. The van der Waals surface area contributed by atoms with E-state index >= 15 is 0 Å². The Morgan fingerprint density at radius 1 is 0.613 bits per heavy atom. The van der Waals surface area contributed by atoms with E-state index in [2.05, 4.69) is 112 Å². The van der Waals surface area contributed by atoms with Crippen LogP contribution in [0.2, 0.25) is 119 Å². The van der Waals surface area contributed by atoms with Crippen LogP contribution in [0, 0.1) is 0 Å². The average Bonchev–Trinajstić information content (AvgIpc) is 2.41. The van der Waals surface area contributed by atoms with Crippen molar-refractivity contribution in [2.24, 2.45) is 0 Å². The first-order valence-electron chi connectivity index (χ1n) is 12.8. The van der Waals surface area contributed by atoms with E-state index in [1.807, 2.05) is 5.57 Å². The standard InChI is InChI=1S/C24H58Si7/c1-20-18-22(27(3,4)5)25(19-21(20)2)26(23(28(6,7)8)29(9,10)11)24(30(12,13)14)31(15,16)17/h22-24H,18-19H2,1-17H3/t22-/m1/s1. The van der Waals surface area contributed by atoms with Gasteiger partial charge in [-0.1, -0.05) is 119 Å². The Bertz CT molecular complexity index is 588. The predicted octanol–water partition coefficient (Wildman–Crippen LogP) is 9.29. The van der Waals surface area contributed by atoms with Crippen molar-refractivity contribution in [3.63, 3.8) is 0 Å². The van der Waals surface area contributed by atoms with Crippen LogP contribution in [-0.4, -0.2) is 57.0 Å². The minimum Gasteiger partial charge on any atom is -0.0775 e. The normalized spacial score (nSPS) is 21.1. The molecule has 0 saturated carbocycles. The Morgan fingerprint density at radius 2 is 0.935 bits per heavy atom. The van der Waals surface area contributed by atoms with Gasteiger partial charge in [-0.2, -0.15) is 0 Å². The van der Waals surface area contributed by atoms with E-state index in [1.165, 1.54) is 16.0 Å². The summed E-state index contributed by atoms with van der Waals surface area (Å²) in [6.45, 7) is 46.5. The maximum absolute atomic E-state index is 2.77. The summed E-state index contributed by atoms with van der Waals surface area (Å²) in [5.41, 5.74) is 3.60. The van der Waals surface area contributed by atoms with Gasteiger partial charge in [-0.3, -0.25) is 0 Å². The first-order chi connectivity index (χ1) is 13.4. The van der Waals surface area contributed by atoms with Crippen LogP contribution in [0.5, 0.6) is 0 Å². The summed E-state index contributed by atoms with van der Waals surface area (Å²) in [4.78, 5) is 2.35. The van der Waals surface area contributed by atoms with Crippen LogP contribution in [0.3, 0.4) is 0 Å². The van der Waals surface area contributed by atoms with Gasteiger partial charge in [0.05, 0.1) is 0 Å². The second kappa shape index (κ2) is 9.72. The maximum Gasteiger partial charge on any atom is 0.0446 e. The monoisotopic (exact) mass is 542 g/mol. The SMILES string of the molecule is CC1=C(C)C[Si]([Si](C([Si](C)(C)C)[Si](C)(C)C)C([Si](C)(C)C)[Si](C)(C)C)[C@H]([Si](C)(C)C)C1. The molecule has 0 spiro atoms. The summed E-state index contributed by atoms with van der Waals surface area (Å²) in [5.74, 6) is 0. The Hall–Kier alpha value is 1.26. The van der Waals surface area contributed by atoms with Gasteiger partial charge in [0.1, 0.15) is 0 Å². The number of hydrogen-bond acceptors (Lipinski definition) is 0. The van der Waals surface area contributed by atoms with E-state index in [9.17, 15) is 0 Å². The van der Waals surface area contributed by atoms with Crippen molar-refractivity contribution in [3.05, 3.63) is 11.1 Å². The first-order valence-corrected chi connectivity index (χ1v) is 35.1. The molecule has 31 heavy (non-hydrogen) atoms. The molecular weight excluding hydrogens is 485 g/mol. The molecule has 0 aliphatic carbocycles. The topological polar surface area (TPSA) is 0 Å². The summed E-state index contributed by atoms with van der Waals surface area (Å²) in [6, 6.07) is 1.55. The van der Waals surface area contributed by atoms with E-state index in [0.29, 0.717) is 0 Å². The van der Waals surface area contributed by atoms with E-state index in [-0.39, 0.29) is 16.6 Å². The minimum absolute atomic E-state index is 0.346. The highest BCUT2D eigenvalue weighted by Gasteiger charge is 2.57. The highest BCUT2D eigenvalue weighted by Crippen LogP contribution is 2.51. The van der Waals surface area contributed by atoms with Gasteiger partial charge in [-0.25, -0.2) is 0 Å². The Kier molecular flexibility index (Phi) is 9.50. The van der Waals surface area contributed by atoms with E-state index in [4.69, 9.17) is 0 Å². The molecule has 7 heteroatoms. The van der Waals surface area contributed by atoms with Crippen LogP contribution >= 0.6 is 0 Å². The van der Waals surface area contributed by atoms with Crippen LogP contribution in [0.4, 0.5) is 0 Å². The highest BCUT2D eigenvalue weighted by atomic mass is 29.2. The number of allylic oxidation sites excluding steroid dienone is 2. The van der Waals surface area contributed by atoms with Crippen molar-refractivity contribution in [1.82, 2.24) is 0 Å². The molecule has 0 aromatic heterocycles. The fourth-order valence-electron chi connectivity index (χ4n) is 7.30. The molecule has 0 bridgehead atoms. The molecular formula is C24H58Si7. The lowest BCUT2D eigenvalue weighted by atomic mass is 10.1. The van der Waals surface area contributed by atoms with Gasteiger partial charge in [-0.05, 0) is 31.5 Å². The minimum atomic E-state index is -1.24. The fourth-order valence-corrected chi connectivity index (χ4v) is 88.6. The van der Waals surface area contributed by atoms with Crippen molar-refractivity contribution in [1.29, 1.82) is 0 Å². The van der Waals surface area contributed by atoms with E-state index < -0.39 is 40.4 Å². The van der Waals surface area contributed by atoms with Gasteiger partial charge < -0.3 is 0 Å². The molecule has 0 nitrogen and oxygen atoms in total. The molecule has 0 aromatic carbocycles. The lowest BCUT2D eigenvalue weighted by Crippen LogP contribution is -2.68. The molecule has 0 unspecified atom stereocenters. The quantitative estimate of drug-likeness (QED) is 0.212. The molecule has 0 fully saturated rings. The van der Waals surface area contributed by atoms with Gasteiger partial charge in [0, 0.05) is 57.0 Å². The molecule has 1 rings (SSSR count). The molecule has 0 saturated heterocycles. The number of rotatable bonds is 8. The average molecular weight is 543 g/mol. The van der Waals surface area contributed by atoms with Gasteiger partial charge in [-0.15, -0.1) is 0 Å². The van der Waals surface area contributed by atoms with Crippen LogP contribution in [-0.2, 0) is 0 Å². The summed E-state index contributed by atoms with van der Waals surface area (Å²) < 4.78 is 0. The smallest absolute Gasteiger partial charge is 0.0446 e. The zero-order valence-electron chi connectivity index (χ0n) is 24.6. The second-order valence-electron chi connectivity index (χ2n) is 16.2. The molecule has 1 heterocycles. The number of hydrogen-bond donors (Lipinski definition) is 0. The van der Waals surface area contributed by atoms with Gasteiger partial charge in [0.15, 0.2) is 0 Å². The maximum atomic E-state index is 2.77. The Balaban J connectivity index is 3.96. The zero-order chi connectivity index (χ0) is 25.0. The molecule has 0 N–H and O–H groups in total. The third-order valence-corrected chi connectivity index (χ3v) is 58.8. The van der Waals surface area contributed by atoms with Gasteiger partial charge in [0.25, 0.3) is 0 Å². The molecule has 0 amide bonds. The third kappa shape index (κ3) is 7.62. The lowest BCUT2D eigenvalue weighted by Gasteiger charge is -2.57. The molecule has 1 aliphatic heterocycles.